The van der Waals surface area contributed by atoms with E-state index >= 15 is 0 Å². The van der Waals surface area contributed by atoms with Crippen LogP contribution in [0.5, 0.6) is 0 Å². The molecule has 0 aromatic heterocycles. The Morgan fingerprint density at radius 3 is 3.00 bits per heavy atom. The number of nitrogens with zero attached hydrogens (tertiary/aromatic N) is 1. The van der Waals surface area contributed by atoms with Gasteiger partial charge in [0, 0.05) is 36.8 Å². The first kappa shape index (κ1) is 10.2. The molecule has 1 N–H and O–H groups in total. The largest absolute Gasteiger partial charge is 0.369 e. The summed E-state index contributed by atoms with van der Waals surface area (Å²) < 4.78 is 0. The van der Waals surface area contributed by atoms with Crippen LogP contribution in [0.15, 0.2) is 18.2 Å². The zero-order valence-corrected chi connectivity index (χ0v) is 10.4. The molecule has 3 rings (SSSR count). The predicted octanol–water partition coefficient (Wildman–Crippen LogP) is 2.28. The van der Waals surface area contributed by atoms with Gasteiger partial charge in [0.25, 0.3) is 0 Å². The van der Waals surface area contributed by atoms with E-state index < -0.39 is 0 Å². The highest BCUT2D eigenvalue weighted by molar-refractivity contribution is 5.67. The van der Waals surface area contributed by atoms with Gasteiger partial charge in [-0.2, -0.15) is 0 Å². The van der Waals surface area contributed by atoms with Gasteiger partial charge in [0.05, 0.1) is 0 Å². The molecule has 0 spiro atoms. The molecule has 0 unspecified atom stereocenters. The predicted molar refractivity (Wildman–Crippen MR) is 68.0 cm³/mol. The van der Waals surface area contributed by atoms with E-state index in [2.05, 4.69) is 49.2 Å². The van der Waals surface area contributed by atoms with Crippen molar-refractivity contribution in [3.63, 3.8) is 0 Å². The Bertz CT molecular complexity index is 423. The Morgan fingerprint density at radius 1 is 1.38 bits per heavy atom. The third kappa shape index (κ3) is 1.36. The zero-order valence-electron chi connectivity index (χ0n) is 10.4. The molecule has 2 aliphatic heterocycles. The fraction of sp³-hybridized carbons (Fsp3) is 0.571. The van der Waals surface area contributed by atoms with Crippen LogP contribution in [0.25, 0.3) is 0 Å². The third-order valence-electron chi connectivity index (χ3n) is 3.89. The number of anilines is 1. The molecule has 1 aromatic carbocycles. The highest BCUT2D eigenvalue weighted by Gasteiger charge is 2.37. The monoisotopic (exact) mass is 216 g/mol. The molecule has 16 heavy (non-hydrogen) atoms. The molecule has 0 fully saturated rings. The van der Waals surface area contributed by atoms with Crippen LogP contribution in [0.3, 0.4) is 0 Å². The van der Waals surface area contributed by atoms with Crippen LogP contribution in [-0.2, 0) is 12.0 Å². The molecule has 0 aliphatic carbocycles. The Hall–Kier alpha value is -1.02. The summed E-state index contributed by atoms with van der Waals surface area (Å²) in [5, 5.41) is 3.58. The van der Waals surface area contributed by atoms with E-state index in [0.29, 0.717) is 11.5 Å². The first-order valence-electron chi connectivity index (χ1n) is 6.19. The fourth-order valence-electron chi connectivity index (χ4n) is 3.13. The maximum Gasteiger partial charge on any atom is 0.0451 e. The summed E-state index contributed by atoms with van der Waals surface area (Å²) in [5.74, 6) is 0. The van der Waals surface area contributed by atoms with Crippen LogP contribution in [0.4, 0.5) is 5.69 Å². The number of para-hydroxylation sites is 1. The van der Waals surface area contributed by atoms with Gasteiger partial charge in [-0.1, -0.05) is 32.0 Å². The Kier molecular flexibility index (Phi) is 2.05. The zero-order chi connectivity index (χ0) is 11.3. The molecule has 2 heteroatoms. The van der Waals surface area contributed by atoms with Crippen LogP contribution in [-0.4, -0.2) is 19.1 Å². The fourth-order valence-corrected chi connectivity index (χ4v) is 3.13. The summed E-state index contributed by atoms with van der Waals surface area (Å²) in [4.78, 5) is 2.56. The molecular formula is C14H20N2. The highest BCUT2D eigenvalue weighted by atomic mass is 15.2. The van der Waals surface area contributed by atoms with E-state index in [-0.39, 0.29) is 0 Å². The second kappa shape index (κ2) is 3.24. The van der Waals surface area contributed by atoms with Gasteiger partial charge in [0.2, 0.25) is 0 Å². The minimum Gasteiger partial charge on any atom is -0.369 e. The summed E-state index contributed by atoms with van der Waals surface area (Å²) in [6.07, 6.45) is 0. The van der Waals surface area contributed by atoms with Crippen molar-refractivity contribution in [1.29, 1.82) is 0 Å². The van der Waals surface area contributed by atoms with Crippen molar-refractivity contribution in [3.8, 4) is 0 Å². The van der Waals surface area contributed by atoms with Crippen molar-refractivity contribution < 1.29 is 0 Å². The van der Waals surface area contributed by atoms with E-state index in [9.17, 15) is 0 Å². The Labute approximate surface area is 97.6 Å². The molecule has 1 atom stereocenters. The molecule has 2 heterocycles. The molecule has 2 nitrogen and oxygen atoms in total. The number of hydrogen-bond donors (Lipinski definition) is 1. The first-order valence-corrected chi connectivity index (χ1v) is 6.19. The lowest BCUT2D eigenvalue weighted by molar-refractivity contribution is 0.509. The standard InChI is InChI=1S/C14H20N2/c1-10-8-16-9-14(2,3)12-6-4-5-11(7-15-10)13(12)16/h4-6,10,15H,7-9H2,1-3H3/t10-/m0/s1. The van der Waals surface area contributed by atoms with E-state index in [0.717, 1.165) is 19.6 Å². The average molecular weight is 216 g/mol. The van der Waals surface area contributed by atoms with E-state index in [1.165, 1.54) is 16.8 Å². The number of hydrogen-bond acceptors (Lipinski definition) is 2. The second-order valence-electron chi connectivity index (χ2n) is 5.86. The van der Waals surface area contributed by atoms with Crippen LogP contribution < -0.4 is 10.2 Å². The maximum atomic E-state index is 3.58. The number of nitrogens with one attached hydrogen (secondary N) is 1. The molecule has 0 bridgehead atoms. The lowest BCUT2D eigenvalue weighted by Gasteiger charge is -2.24. The van der Waals surface area contributed by atoms with Gasteiger partial charge in [0.1, 0.15) is 0 Å². The van der Waals surface area contributed by atoms with Crippen molar-refractivity contribution in [2.75, 3.05) is 18.0 Å². The minimum atomic E-state index is 0.308. The summed E-state index contributed by atoms with van der Waals surface area (Å²) in [6, 6.07) is 7.35. The van der Waals surface area contributed by atoms with Crippen molar-refractivity contribution in [2.45, 2.75) is 38.8 Å². The highest BCUT2D eigenvalue weighted by Crippen LogP contribution is 2.43. The van der Waals surface area contributed by atoms with Gasteiger partial charge < -0.3 is 10.2 Å². The van der Waals surface area contributed by atoms with Crippen molar-refractivity contribution >= 4 is 5.69 Å². The smallest absolute Gasteiger partial charge is 0.0451 e. The lowest BCUT2D eigenvalue weighted by atomic mass is 9.86. The normalized spacial score (nSPS) is 26.4. The average Bonchev–Trinajstić information content (AvgIpc) is 2.39. The first-order chi connectivity index (χ1) is 7.58. The molecule has 86 valence electrons. The number of rotatable bonds is 0. The summed E-state index contributed by atoms with van der Waals surface area (Å²) in [6.45, 7) is 10.3. The van der Waals surface area contributed by atoms with E-state index in [1.807, 2.05) is 0 Å². The quantitative estimate of drug-likeness (QED) is 0.715. The minimum absolute atomic E-state index is 0.308. The molecule has 0 radical (unpaired) electrons. The maximum absolute atomic E-state index is 3.58. The molecule has 0 saturated carbocycles. The molecule has 0 saturated heterocycles. The van der Waals surface area contributed by atoms with Crippen molar-refractivity contribution in [1.82, 2.24) is 5.32 Å². The van der Waals surface area contributed by atoms with Crippen LogP contribution >= 0.6 is 0 Å². The van der Waals surface area contributed by atoms with Gasteiger partial charge in [-0.15, -0.1) is 0 Å². The van der Waals surface area contributed by atoms with Crippen LogP contribution in [0.2, 0.25) is 0 Å². The van der Waals surface area contributed by atoms with E-state index in [4.69, 9.17) is 0 Å². The van der Waals surface area contributed by atoms with Crippen molar-refractivity contribution in [3.05, 3.63) is 29.3 Å². The van der Waals surface area contributed by atoms with Gasteiger partial charge in [-0.25, -0.2) is 0 Å². The SMILES string of the molecule is C[C@H]1CN2CC(C)(C)c3cccc(c32)CN1. The Balaban J connectivity index is 2.16. The topological polar surface area (TPSA) is 15.3 Å². The summed E-state index contributed by atoms with van der Waals surface area (Å²) in [7, 11) is 0. The van der Waals surface area contributed by atoms with Gasteiger partial charge in [-0.3, -0.25) is 0 Å². The molecule has 0 amide bonds. The third-order valence-corrected chi connectivity index (χ3v) is 3.89. The molecular weight excluding hydrogens is 196 g/mol. The lowest BCUT2D eigenvalue weighted by Crippen LogP contribution is -2.37. The summed E-state index contributed by atoms with van der Waals surface area (Å²) in [5.41, 5.74) is 4.81. The van der Waals surface area contributed by atoms with Gasteiger partial charge in [-0.05, 0) is 18.1 Å². The van der Waals surface area contributed by atoms with Crippen LogP contribution in [0.1, 0.15) is 31.9 Å². The summed E-state index contributed by atoms with van der Waals surface area (Å²) >= 11 is 0. The van der Waals surface area contributed by atoms with Crippen LogP contribution in [0, 0.1) is 0 Å². The Morgan fingerprint density at radius 2 is 2.19 bits per heavy atom. The second-order valence-corrected chi connectivity index (χ2v) is 5.86. The van der Waals surface area contributed by atoms with Crippen molar-refractivity contribution in [2.24, 2.45) is 0 Å². The molecule has 1 aromatic rings. The van der Waals surface area contributed by atoms with Gasteiger partial charge in [0.15, 0.2) is 0 Å². The number of benzene rings is 1. The van der Waals surface area contributed by atoms with E-state index in [1.54, 1.807) is 0 Å². The van der Waals surface area contributed by atoms with Gasteiger partial charge >= 0.3 is 0 Å². The molecule has 2 aliphatic rings.